The number of benzene rings is 12. The molecule has 2 saturated carbocycles. The van der Waals surface area contributed by atoms with Gasteiger partial charge in [0.05, 0.1) is 28.4 Å². The molecular formula is C120H134O20. The maximum atomic E-state index is 13.7. The Hall–Kier alpha value is -13.9. The number of carbonyl (C=O) groups is 4. The van der Waals surface area contributed by atoms with Gasteiger partial charge in [0.25, 0.3) is 0 Å². The minimum Gasteiger partial charge on any atom is -0.508 e. The van der Waals surface area contributed by atoms with Crippen LogP contribution < -0.4 is 18.9 Å². The van der Waals surface area contributed by atoms with E-state index >= 15 is 0 Å². The molecule has 0 aliphatic heterocycles. The fourth-order valence-electron chi connectivity index (χ4n) is 22.5. The first-order valence-corrected chi connectivity index (χ1v) is 48.1. The van der Waals surface area contributed by atoms with E-state index in [2.05, 4.69) is 48.5 Å². The molecule has 734 valence electrons. The van der Waals surface area contributed by atoms with E-state index in [-0.39, 0.29) is 57.8 Å². The van der Waals surface area contributed by atoms with Crippen LogP contribution in [0.5, 0.6) is 69.0 Å². The standard InChI is InChI=1S/C120H134O20/c1-61-45-99(121)69(9)37-87(61)111(88-38-70(10)100(122)46-62(88)2)95-53-83(33-77(17)115(95)137-57-107(129)133-21)119(84-34-78(18)116(138-58-108(130)134-22)96(54-84)112(89-39-71(11)101(123)47-63(89)3)90-40-72(12)102(124)48-64(90)4)29-25-81(26-30-119)82-27-31-120(32-28-82,85-35-79(19)117(139-59-109(131)135-23)97(55-85)113(91-41-73(13)103(125)49-65(91)5)92-42-74(14)104(126)50-66(92)6)86-36-80(20)118(140-60-110(132)136-24)98(56-86)114(93-43-75(15)105(127)51-67(93)7)94-44-76(16)106(128)52-68(94)8/h33-56,81-82,111-114,121-128H,25-32,57-60H2,1-24H3. The SMILES string of the molecule is COC(=O)COc1c(C)cc(C2(c3cc(C)c(OCC(=O)OC)c(C(c4cc(C)c(O)cc4C)c4cc(C)c(O)cc4C)c3)CCC(C3CCC(c4cc(C)c(OCC(=O)OC)c(C(c5cc(C)c(O)cc5C)c5cc(C)c(O)cc5C)c4)(c4cc(C)c(OCC(=O)OC)c(C(c5cc(C)c(O)cc5C)c5cc(C)c(O)cc5C)c4)CC3)CC2)cc1C(c1cc(C)c(O)cc1C)c1cc(C)c(O)cc1C. The average Bonchev–Trinajstić information content (AvgIpc) is 0.749. The predicted octanol–water partition coefficient (Wildman–Crippen LogP) is 24.1. The highest BCUT2D eigenvalue weighted by Gasteiger charge is 2.48. The summed E-state index contributed by atoms with van der Waals surface area (Å²) in [6.45, 7) is 37.0. The lowest BCUT2D eigenvalue weighted by Crippen LogP contribution is -2.39. The van der Waals surface area contributed by atoms with Crippen molar-refractivity contribution in [2.75, 3.05) is 54.9 Å². The minimum atomic E-state index is -0.902. The molecule has 140 heavy (non-hydrogen) atoms. The van der Waals surface area contributed by atoms with E-state index in [1.54, 1.807) is 48.5 Å². The largest absolute Gasteiger partial charge is 0.508 e. The molecule has 2 fully saturated rings. The van der Waals surface area contributed by atoms with Crippen LogP contribution in [0.3, 0.4) is 0 Å². The number of ether oxygens (including phenoxy) is 8. The molecule has 2 aliphatic carbocycles. The number of aromatic hydroxyl groups is 8. The summed E-state index contributed by atoms with van der Waals surface area (Å²) >= 11 is 0. The quantitative estimate of drug-likeness (QED) is 0.0123. The molecule has 14 rings (SSSR count). The third kappa shape index (κ3) is 20.1. The van der Waals surface area contributed by atoms with Gasteiger partial charge in [-0.05, 0) is 428 Å². The van der Waals surface area contributed by atoms with Crippen LogP contribution in [0.1, 0.15) is 275 Å². The number of phenols is 8. The van der Waals surface area contributed by atoms with Gasteiger partial charge in [-0.25, -0.2) is 19.2 Å². The van der Waals surface area contributed by atoms with Gasteiger partial charge < -0.3 is 78.7 Å². The van der Waals surface area contributed by atoms with E-state index in [0.717, 1.165) is 156 Å². The first-order valence-electron chi connectivity index (χ1n) is 48.1. The zero-order valence-electron chi connectivity index (χ0n) is 85.3. The molecule has 0 aromatic heterocycles. The lowest BCUT2D eigenvalue weighted by molar-refractivity contribution is -0.143. The zero-order valence-corrected chi connectivity index (χ0v) is 85.3. The molecule has 0 amide bonds. The second-order valence-electron chi connectivity index (χ2n) is 39.8. The summed E-state index contributed by atoms with van der Waals surface area (Å²) < 4.78 is 48.8. The second kappa shape index (κ2) is 41.3. The summed E-state index contributed by atoms with van der Waals surface area (Å²) in [7, 11) is 5.30. The summed E-state index contributed by atoms with van der Waals surface area (Å²) in [5.74, 6) is -2.05. The summed E-state index contributed by atoms with van der Waals surface area (Å²) in [5, 5.41) is 92.4. The topological polar surface area (TPSA) is 304 Å². The molecule has 20 nitrogen and oxygen atoms in total. The van der Waals surface area contributed by atoms with Crippen molar-refractivity contribution in [1.29, 1.82) is 0 Å². The third-order valence-corrected chi connectivity index (χ3v) is 30.5. The third-order valence-electron chi connectivity index (χ3n) is 30.5. The molecule has 0 bridgehead atoms. The van der Waals surface area contributed by atoms with Crippen LogP contribution in [0, 0.1) is 150 Å². The van der Waals surface area contributed by atoms with Crippen molar-refractivity contribution < 1.29 is 97.9 Å². The van der Waals surface area contributed by atoms with E-state index in [4.69, 9.17) is 37.9 Å². The van der Waals surface area contributed by atoms with Crippen molar-refractivity contribution in [2.24, 2.45) is 11.8 Å². The molecule has 20 heteroatoms. The van der Waals surface area contributed by atoms with Gasteiger partial charge in [0.1, 0.15) is 69.0 Å². The smallest absolute Gasteiger partial charge is 0.343 e. The van der Waals surface area contributed by atoms with Crippen LogP contribution in [-0.2, 0) is 49.0 Å². The molecule has 0 heterocycles. The van der Waals surface area contributed by atoms with Gasteiger partial charge in [0.15, 0.2) is 26.4 Å². The monoisotopic (exact) mass is 1890 g/mol. The number of carbonyl (C=O) groups excluding carboxylic acids is 4. The van der Waals surface area contributed by atoms with Gasteiger partial charge in [0.2, 0.25) is 0 Å². The molecule has 0 radical (unpaired) electrons. The number of hydrogen-bond acceptors (Lipinski definition) is 20. The molecule has 12 aromatic rings. The average molecular weight is 1900 g/mol. The Kier molecular flexibility index (Phi) is 30.1. The molecule has 0 saturated heterocycles. The van der Waals surface area contributed by atoms with Crippen LogP contribution in [0.15, 0.2) is 146 Å². The van der Waals surface area contributed by atoms with E-state index in [1.165, 1.54) is 28.4 Å². The number of esters is 4. The van der Waals surface area contributed by atoms with E-state index in [1.807, 2.05) is 187 Å². The van der Waals surface area contributed by atoms with Gasteiger partial charge in [-0.2, -0.15) is 0 Å². The van der Waals surface area contributed by atoms with Crippen molar-refractivity contribution >= 4 is 23.9 Å². The van der Waals surface area contributed by atoms with E-state index < -0.39 is 84.8 Å². The molecule has 0 unspecified atom stereocenters. The minimum absolute atomic E-state index is 0.0953. The van der Waals surface area contributed by atoms with Gasteiger partial charge in [0, 0.05) is 56.8 Å². The maximum Gasteiger partial charge on any atom is 0.343 e. The molecule has 8 N–H and O–H groups in total. The van der Waals surface area contributed by atoms with Crippen molar-refractivity contribution in [2.45, 2.75) is 224 Å². The highest BCUT2D eigenvalue weighted by molar-refractivity contribution is 5.75. The van der Waals surface area contributed by atoms with Gasteiger partial charge in [-0.3, -0.25) is 0 Å². The fraction of sp³-hybridized carbons (Fsp3) is 0.367. The van der Waals surface area contributed by atoms with Gasteiger partial charge in [-0.1, -0.05) is 97.1 Å². The number of rotatable bonds is 29. The summed E-state index contributed by atoms with van der Waals surface area (Å²) in [5.41, 5.74) is 25.9. The molecular weight excluding hydrogens is 1760 g/mol. The molecule has 0 spiro atoms. The second-order valence-corrected chi connectivity index (χ2v) is 39.8. The van der Waals surface area contributed by atoms with Crippen molar-refractivity contribution in [3.8, 4) is 69.0 Å². The van der Waals surface area contributed by atoms with Crippen LogP contribution >= 0.6 is 0 Å². The van der Waals surface area contributed by atoms with Crippen molar-refractivity contribution in [3.63, 3.8) is 0 Å². The van der Waals surface area contributed by atoms with E-state index in [9.17, 15) is 60.0 Å². The predicted molar refractivity (Wildman–Crippen MR) is 545 cm³/mol. The first-order chi connectivity index (χ1) is 66.3. The fourth-order valence-corrected chi connectivity index (χ4v) is 22.5. The Labute approximate surface area is 822 Å². The lowest BCUT2D eigenvalue weighted by Gasteiger charge is -2.48. The number of aryl methyl sites for hydroxylation is 20. The van der Waals surface area contributed by atoms with Gasteiger partial charge >= 0.3 is 23.9 Å². The van der Waals surface area contributed by atoms with E-state index in [0.29, 0.717) is 119 Å². The highest BCUT2D eigenvalue weighted by Crippen LogP contribution is 2.60. The molecule has 12 aromatic carbocycles. The normalized spacial score (nSPS) is 13.8. The Bertz CT molecular complexity index is 5840. The first kappa shape index (κ1) is 102. The zero-order chi connectivity index (χ0) is 102. The number of methoxy groups -OCH3 is 4. The van der Waals surface area contributed by atoms with Crippen molar-refractivity contribution in [1.82, 2.24) is 0 Å². The number of phenolic OH excluding ortho intramolecular Hbond substituents is 8. The van der Waals surface area contributed by atoms with Crippen LogP contribution in [0.4, 0.5) is 0 Å². The van der Waals surface area contributed by atoms with Crippen LogP contribution in [0.2, 0.25) is 0 Å². The Morgan fingerprint density at radius 1 is 0.221 bits per heavy atom. The van der Waals surface area contributed by atoms with Crippen molar-refractivity contribution in [3.05, 3.63) is 346 Å². The Balaban J connectivity index is 1.03. The Morgan fingerprint density at radius 3 is 0.514 bits per heavy atom. The van der Waals surface area contributed by atoms with Crippen LogP contribution in [0.25, 0.3) is 0 Å². The van der Waals surface area contributed by atoms with Gasteiger partial charge in [-0.15, -0.1) is 0 Å². The number of hydrogen-bond donors (Lipinski definition) is 8. The Morgan fingerprint density at radius 2 is 0.371 bits per heavy atom. The molecule has 0 atom stereocenters. The summed E-state index contributed by atoms with van der Waals surface area (Å²) in [6, 6.07) is 48.0. The highest BCUT2D eigenvalue weighted by atomic mass is 16.6. The maximum absolute atomic E-state index is 13.7. The summed E-state index contributed by atoms with van der Waals surface area (Å²) in [6.07, 6.45) is 5.12. The molecule has 2 aliphatic rings. The van der Waals surface area contributed by atoms with Crippen LogP contribution in [-0.4, -0.2) is 120 Å². The lowest BCUT2D eigenvalue weighted by atomic mass is 9.56. The summed E-state index contributed by atoms with van der Waals surface area (Å²) in [4.78, 5) is 54.6.